The molecule has 3 heterocycles. The van der Waals surface area contributed by atoms with E-state index in [0.29, 0.717) is 0 Å². The second kappa shape index (κ2) is 9.70. The normalized spacial score (nSPS) is 22.0. The summed E-state index contributed by atoms with van der Waals surface area (Å²) in [6.07, 6.45) is 4.94. The molecule has 3 fully saturated rings. The number of thioether (sulfide) groups is 1. The summed E-state index contributed by atoms with van der Waals surface area (Å²) in [6, 6.07) is 0. The van der Waals surface area contributed by atoms with Crippen molar-refractivity contribution in [3.63, 3.8) is 0 Å². The lowest BCUT2D eigenvalue weighted by Gasteiger charge is -2.15. The molecule has 1 aliphatic heterocycles. The summed E-state index contributed by atoms with van der Waals surface area (Å²) in [6.45, 7) is 7.81. The van der Waals surface area contributed by atoms with Gasteiger partial charge in [0.15, 0.2) is 0 Å². The Morgan fingerprint density at radius 1 is 1.21 bits per heavy atom. The molecule has 10 heteroatoms. The van der Waals surface area contributed by atoms with Crippen LogP contribution in [0.25, 0.3) is 10.2 Å². The average Bonchev–Trinajstić information content (AvgIpc) is 3.04. The van der Waals surface area contributed by atoms with E-state index in [0.717, 1.165) is 23.7 Å². The summed E-state index contributed by atoms with van der Waals surface area (Å²) in [5.41, 5.74) is 2.17. The number of likely N-dealkylation sites (tertiary alicyclic amines) is 1. The molecule has 1 unspecified atom stereocenters. The first-order chi connectivity index (χ1) is 15.6. The van der Waals surface area contributed by atoms with Gasteiger partial charge in [0.1, 0.15) is 15.7 Å². The van der Waals surface area contributed by atoms with Crippen molar-refractivity contribution in [1.82, 2.24) is 14.9 Å². The number of thiophene rings is 1. The van der Waals surface area contributed by atoms with Gasteiger partial charge in [0.25, 0.3) is 0 Å². The van der Waals surface area contributed by atoms with Gasteiger partial charge in [-0.15, -0.1) is 23.1 Å². The van der Waals surface area contributed by atoms with Crippen molar-refractivity contribution in [2.45, 2.75) is 76.5 Å². The maximum absolute atomic E-state index is 10.6. The summed E-state index contributed by atoms with van der Waals surface area (Å²) < 4.78 is 31.7. The number of alkyl halides is 3. The maximum atomic E-state index is 10.6. The second-order valence-electron chi connectivity index (χ2n) is 9.61. The predicted molar refractivity (Wildman–Crippen MR) is 125 cm³/mol. The van der Waals surface area contributed by atoms with Crippen LogP contribution in [0.2, 0.25) is 0 Å². The SMILES string of the molecule is Cc1sc2nc(CN3CCCC3)nc(SCC3CCC4(CC4)C3)c2c1C.O=C(O)C(F)(F)F. The van der Waals surface area contributed by atoms with Crippen molar-refractivity contribution in [2.24, 2.45) is 11.3 Å². The van der Waals surface area contributed by atoms with Crippen LogP contribution in [0.3, 0.4) is 0 Å². The minimum absolute atomic E-state index is 0.780. The number of carboxylic acids is 1. The molecule has 33 heavy (non-hydrogen) atoms. The van der Waals surface area contributed by atoms with Crippen molar-refractivity contribution in [2.75, 3.05) is 18.8 Å². The Labute approximate surface area is 200 Å². The number of carboxylic acid groups (broad SMARTS) is 1. The molecule has 2 aromatic rings. The van der Waals surface area contributed by atoms with Crippen LogP contribution in [-0.2, 0) is 11.3 Å². The summed E-state index contributed by atoms with van der Waals surface area (Å²) in [7, 11) is 0. The van der Waals surface area contributed by atoms with Crippen LogP contribution in [0.1, 0.15) is 61.2 Å². The first kappa shape index (κ1) is 24.7. The van der Waals surface area contributed by atoms with Gasteiger partial charge in [-0.2, -0.15) is 13.2 Å². The third-order valence-electron chi connectivity index (χ3n) is 7.07. The largest absolute Gasteiger partial charge is 0.490 e. The third-order valence-corrected chi connectivity index (χ3v) is 9.37. The predicted octanol–water partition coefficient (Wildman–Crippen LogP) is 6.21. The number of rotatable bonds is 5. The van der Waals surface area contributed by atoms with E-state index in [1.807, 2.05) is 23.1 Å². The molecule has 1 N–H and O–H groups in total. The van der Waals surface area contributed by atoms with E-state index in [1.165, 1.54) is 89.5 Å². The van der Waals surface area contributed by atoms with E-state index in [1.54, 1.807) is 0 Å². The third kappa shape index (κ3) is 6.00. The smallest absolute Gasteiger partial charge is 0.475 e. The molecular formula is C23H30F3N3O2S2. The van der Waals surface area contributed by atoms with Gasteiger partial charge in [0.2, 0.25) is 0 Å². The maximum Gasteiger partial charge on any atom is 0.490 e. The fraction of sp³-hybridized carbons (Fsp3) is 0.696. The van der Waals surface area contributed by atoms with E-state index in [2.05, 4.69) is 18.7 Å². The van der Waals surface area contributed by atoms with Gasteiger partial charge in [-0.05, 0) is 88.8 Å². The Hall–Kier alpha value is -1.39. The van der Waals surface area contributed by atoms with Crippen LogP contribution in [-0.4, -0.2) is 51.0 Å². The Kier molecular flexibility index (Phi) is 7.27. The number of aliphatic carboxylic acids is 1. The molecule has 1 spiro atoms. The van der Waals surface area contributed by atoms with Crippen LogP contribution < -0.4 is 0 Å². The first-order valence-electron chi connectivity index (χ1n) is 11.5. The molecule has 0 aromatic carbocycles. The van der Waals surface area contributed by atoms with E-state index in [4.69, 9.17) is 19.9 Å². The zero-order valence-corrected chi connectivity index (χ0v) is 20.6. The molecule has 2 aliphatic carbocycles. The molecule has 1 saturated heterocycles. The molecule has 0 bridgehead atoms. The van der Waals surface area contributed by atoms with Crippen LogP contribution in [0.5, 0.6) is 0 Å². The fourth-order valence-corrected chi connectivity index (χ4v) is 7.22. The van der Waals surface area contributed by atoms with Crippen molar-refractivity contribution in [3.8, 4) is 0 Å². The molecule has 2 aromatic heterocycles. The Morgan fingerprint density at radius 3 is 2.45 bits per heavy atom. The fourth-order valence-electron chi connectivity index (χ4n) is 4.87. The van der Waals surface area contributed by atoms with Crippen molar-refractivity contribution in [1.29, 1.82) is 0 Å². The number of aryl methyl sites for hydroxylation is 2. The molecule has 2 saturated carbocycles. The lowest BCUT2D eigenvalue weighted by Crippen LogP contribution is -2.21. The van der Waals surface area contributed by atoms with E-state index in [-0.39, 0.29) is 0 Å². The standard InChI is InChI=1S/C21H29N3S2.C2HF3O2/c1-14-15(2)26-20-18(14)19(22-17(23-20)12-24-9-3-4-10-24)25-13-16-5-6-21(11-16)7-8-21;3-2(4,5)1(6)7/h16H,3-13H2,1-2H3;(H,6,7). The number of carbonyl (C=O) groups is 1. The highest BCUT2D eigenvalue weighted by molar-refractivity contribution is 7.99. The Balaban J connectivity index is 0.000000325. The topological polar surface area (TPSA) is 66.3 Å². The van der Waals surface area contributed by atoms with Gasteiger partial charge in [-0.1, -0.05) is 0 Å². The average molecular weight is 502 g/mol. The number of nitrogens with zero attached hydrogens (tertiary/aromatic N) is 3. The number of hydrogen-bond acceptors (Lipinski definition) is 6. The van der Waals surface area contributed by atoms with Crippen molar-refractivity contribution < 1.29 is 23.1 Å². The number of hydrogen-bond donors (Lipinski definition) is 1. The number of aromatic nitrogens is 2. The molecule has 0 radical (unpaired) electrons. The van der Waals surface area contributed by atoms with E-state index in [9.17, 15) is 13.2 Å². The minimum atomic E-state index is -5.08. The lowest BCUT2D eigenvalue weighted by atomic mass is 10.0. The Bertz CT molecular complexity index is 1010. The van der Waals surface area contributed by atoms with Gasteiger partial charge in [-0.3, -0.25) is 4.90 Å². The number of fused-ring (bicyclic) bond motifs is 1. The van der Waals surface area contributed by atoms with E-state index < -0.39 is 12.1 Å². The van der Waals surface area contributed by atoms with Gasteiger partial charge >= 0.3 is 12.1 Å². The summed E-state index contributed by atoms with van der Waals surface area (Å²) in [5.74, 6) is 0.418. The van der Waals surface area contributed by atoms with Crippen molar-refractivity contribution >= 4 is 39.3 Å². The summed E-state index contributed by atoms with van der Waals surface area (Å²) in [4.78, 5) is 24.0. The highest BCUT2D eigenvalue weighted by atomic mass is 32.2. The summed E-state index contributed by atoms with van der Waals surface area (Å²) in [5, 5.41) is 9.71. The molecule has 3 aliphatic rings. The molecule has 5 nitrogen and oxygen atoms in total. The first-order valence-corrected chi connectivity index (χ1v) is 13.3. The zero-order chi connectivity index (χ0) is 23.8. The summed E-state index contributed by atoms with van der Waals surface area (Å²) >= 11 is 3.86. The van der Waals surface area contributed by atoms with Crippen LogP contribution in [0.15, 0.2) is 5.03 Å². The van der Waals surface area contributed by atoms with Crippen molar-refractivity contribution in [3.05, 3.63) is 16.3 Å². The lowest BCUT2D eigenvalue weighted by molar-refractivity contribution is -0.192. The quantitative estimate of drug-likeness (QED) is 0.388. The minimum Gasteiger partial charge on any atom is -0.475 e. The van der Waals surface area contributed by atoms with Crippen LogP contribution >= 0.6 is 23.1 Å². The molecule has 5 rings (SSSR count). The second-order valence-corrected chi connectivity index (χ2v) is 11.8. The highest BCUT2D eigenvalue weighted by Crippen LogP contribution is 2.60. The van der Waals surface area contributed by atoms with Gasteiger partial charge < -0.3 is 5.11 Å². The highest BCUT2D eigenvalue weighted by Gasteiger charge is 2.47. The van der Waals surface area contributed by atoms with Gasteiger partial charge in [0, 0.05) is 16.0 Å². The number of halogens is 3. The van der Waals surface area contributed by atoms with Gasteiger partial charge in [-0.25, -0.2) is 14.8 Å². The van der Waals surface area contributed by atoms with Crippen LogP contribution in [0.4, 0.5) is 13.2 Å². The zero-order valence-electron chi connectivity index (χ0n) is 19.0. The Morgan fingerprint density at radius 2 is 1.88 bits per heavy atom. The monoisotopic (exact) mass is 501 g/mol. The van der Waals surface area contributed by atoms with Gasteiger partial charge in [0.05, 0.1) is 6.54 Å². The van der Waals surface area contributed by atoms with Crippen LogP contribution in [0, 0.1) is 25.2 Å². The van der Waals surface area contributed by atoms with E-state index >= 15 is 0 Å². The molecular weight excluding hydrogens is 471 g/mol. The molecule has 0 amide bonds. The molecule has 182 valence electrons. The molecule has 1 atom stereocenters.